The van der Waals surface area contributed by atoms with Gasteiger partial charge >= 0.3 is 0 Å². The van der Waals surface area contributed by atoms with Gasteiger partial charge in [0.2, 0.25) is 0 Å². The van der Waals surface area contributed by atoms with Gasteiger partial charge in [0.25, 0.3) is 10.1 Å². The largest absolute Gasteiger partial charge is 0.795 e. The summed E-state index contributed by atoms with van der Waals surface area (Å²) in [4.78, 5) is 2.16. The van der Waals surface area contributed by atoms with Gasteiger partial charge in [-0.3, -0.25) is 4.55 Å². The third-order valence-electron chi connectivity index (χ3n) is 6.17. The highest BCUT2D eigenvalue weighted by atomic mass is 32.2. The standard InChI is InChI=1S/C27H32N2O4S2/c1-5-28(6-2)22-13-9-20(10-14-22)27(21-11-15-23(16-12-21)29(7-3)8-4)25-18-17-24(34-30)19-26(25)35(31,32)33/h9-19H,5-8H2,1-4H3,(H-,30,31,32,33). The summed E-state index contributed by atoms with van der Waals surface area (Å²) in [7, 11) is -4.58. The maximum absolute atomic E-state index is 12.3. The molecule has 2 aromatic rings. The molecule has 1 N–H and O–H groups in total. The molecule has 6 nitrogen and oxygen atoms in total. The first-order chi connectivity index (χ1) is 16.8. The van der Waals surface area contributed by atoms with Crippen LogP contribution in [0.25, 0.3) is 5.57 Å². The molecule has 1 aliphatic rings. The lowest BCUT2D eigenvalue weighted by atomic mass is 9.90. The van der Waals surface area contributed by atoms with Crippen LogP contribution in [0.4, 0.5) is 5.69 Å². The number of allylic oxidation sites excluding steroid dienone is 5. The van der Waals surface area contributed by atoms with Gasteiger partial charge in [-0.15, -0.1) is 0 Å². The van der Waals surface area contributed by atoms with E-state index in [1.807, 2.05) is 48.6 Å². The Morgan fingerprint density at radius 2 is 1.54 bits per heavy atom. The molecule has 0 spiro atoms. The van der Waals surface area contributed by atoms with Crippen LogP contribution < -0.4 is 4.90 Å². The lowest BCUT2D eigenvalue weighted by molar-refractivity contribution is -0.519. The fraction of sp³-hybridized carbons (Fsp3) is 0.296. The molecule has 8 heteroatoms. The maximum atomic E-state index is 12.3. The average molecular weight is 513 g/mol. The maximum Gasteiger partial charge on any atom is 0.295 e. The van der Waals surface area contributed by atoms with Crippen molar-refractivity contribution in [3.63, 3.8) is 0 Å². The minimum Gasteiger partial charge on any atom is -0.795 e. The summed E-state index contributed by atoms with van der Waals surface area (Å²) in [5, 5.41) is 0. The molecule has 0 bridgehead atoms. The molecule has 0 saturated carbocycles. The SMILES string of the molecule is CCN(CC)c1ccc(C(=C2C=CC(=[N+](CC)CC)C=C2)c2ccc(S[O-])cc2S(=O)(=O)O)cc1. The van der Waals surface area contributed by atoms with Crippen LogP contribution in [-0.4, -0.2) is 54.0 Å². The molecule has 0 saturated heterocycles. The number of nitrogens with zero attached hydrogens (tertiary/aromatic N) is 2. The van der Waals surface area contributed by atoms with E-state index >= 15 is 0 Å². The zero-order chi connectivity index (χ0) is 25.6. The van der Waals surface area contributed by atoms with Crippen molar-refractivity contribution < 1.29 is 22.1 Å². The molecule has 1 aliphatic carbocycles. The Morgan fingerprint density at radius 1 is 0.943 bits per heavy atom. The van der Waals surface area contributed by atoms with E-state index in [1.165, 1.54) is 6.07 Å². The number of hydrogen-bond donors (Lipinski definition) is 1. The van der Waals surface area contributed by atoms with Gasteiger partial charge in [0.1, 0.15) is 18.0 Å². The summed E-state index contributed by atoms with van der Waals surface area (Å²) in [6.45, 7) is 11.9. The Kier molecular flexibility index (Phi) is 9.13. The fourth-order valence-electron chi connectivity index (χ4n) is 4.31. The summed E-state index contributed by atoms with van der Waals surface area (Å²) in [5.41, 5.74) is 4.77. The van der Waals surface area contributed by atoms with Gasteiger partial charge in [0.05, 0.1) is 0 Å². The topological polar surface area (TPSA) is 83.7 Å². The van der Waals surface area contributed by atoms with Crippen LogP contribution >= 0.6 is 12.0 Å². The molecule has 186 valence electrons. The average Bonchev–Trinajstić information content (AvgIpc) is 2.87. The first-order valence-corrected chi connectivity index (χ1v) is 13.9. The van der Waals surface area contributed by atoms with Gasteiger partial charge in [0, 0.05) is 36.5 Å². The molecule has 0 unspecified atom stereocenters. The third kappa shape index (κ3) is 6.13. The highest BCUT2D eigenvalue weighted by molar-refractivity contribution is 7.93. The van der Waals surface area contributed by atoms with Crippen molar-refractivity contribution in [3.8, 4) is 0 Å². The summed E-state index contributed by atoms with van der Waals surface area (Å²) in [6, 6.07) is 12.4. The van der Waals surface area contributed by atoms with Crippen molar-refractivity contribution in [3.05, 3.63) is 83.5 Å². The molecule has 0 radical (unpaired) electrons. The predicted molar refractivity (Wildman–Crippen MR) is 144 cm³/mol. The number of rotatable bonds is 9. The molecular weight excluding hydrogens is 480 g/mol. The third-order valence-corrected chi connectivity index (χ3v) is 7.51. The molecule has 35 heavy (non-hydrogen) atoms. The Labute approximate surface area is 213 Å². The summed E-state index contributed by atoms with van der Waals surface area (Å²) in [5.74, 6) is 0. The van der Waals surface area contributed by atoms with E-state index in [9.17, 15) is 17.5 Å². The molecule has 0 fully saturated rings. The zero-order valence-corrected chi connectivity index (χ0v) is 22.2. The lowest BCUT2D eigenvalue weighted by Crippen LogP contribution is -2.21. The van der Waals surface area contributed by atoms with E-state index in [0.717, 1.165) is 48.7 Å². The van der Waals surface area contributed by atoms with E-state index < -0.39 is 10.1 Å². The second-order valence-corrected chi connectivity index (χ2v) is 10.1. The molecule has 0 atom stereocenters. The van der Waals surface area contributed by atoms with Gasteiger partial charge in [0.15, 0.2) is 5.71 Å². The zero-order valence-electron chi connectivity index (χ0n) is 20.6. The smallest absolute Gasteiger partial charge is 0.295 e. The van der Waals surface area contributed by atoms with Crippen molar-refractivity contribution in [2.75, 3.05) is 31.1 Å². The number of anilines is 1. The minimum atomic E-state index is -4.58. The first kappa shape index (κ1) is 26.9. The highest BCUT2D eigenvalue weighted by Gasteiger charge is 2.22. The first-order valence-electron chi connectivity index (χ1n) is 11.8. The summed E-state index contributed by atoms with van der Waals surface area (Å²) >= 11 is 0.186. The second kappa shape index (κ2) is 11.9. The quantitative estimate of drug-likeness (QED) is 0.274. The molecule has 0 amide bonds. The normalized spacial score (nSPS) is 13.3. The highest BCUT2D eigenvalue weighted by Crippen LogP contribution is 2.36. The van der Waals surface area contributed by atoms with Crippen molar-refractivity contribution in [2.24, 2.45) is 0 Å². The molecule has 3 rings (SSSR count). The molecule has 0 aromatic heterocycles. The van der Waals surface area contributed by atoms with E-state index in [-0.39, 0.29) is 21.8 Å². The molecule has 0 aliphatic heterocycles. The Hall–Kier alpha value is -2.65. The lowest BCUT2D eigenvalue weighted by Gasteiger charge is -2.22. The van der Waals surface area contributed by atoms with Crippen LogP contribution in [0.15, 0.2) is 82.1 Å². The monoisotopic (exact) mass is 512 g/mol. The Morgan fingerprint density at radius 3 is 2.03 bits per heavy atom. The molecular formula is C27H32N2O4S2. The van der Waals surface area contributed by atoms with E-state index in [0.29, 0.717) is 11.1 Å². The van der Waals surface area contributed by atoms with Crippen LogP contribution in [0.1, 0.15) is 38.8 Å². The van der Waals surface area contributed by atoms with Crippen molar-refractivity contribution >= 4 is 39.1 Å². The van der Waals surface area contributed by atoms with Crippen molar-refractivity contribution in [1.29, 1.82) is 0 Å². The molecule has 0 heterocycles. The van der Waals surface area contributed by atoms with Crippen LogP contribution in [0.2, 0.25) is 0 Å². The van der Waals surface area contributed by atoms with Crippen LogP contribution in [-0.2, 0) is 10.1 Å². The van der Waals surface area contributed by atoms with Crippen LogP contribution in [0.3, 0.4) is 0 Å². The van der Waals surface area contributed by atoms with Gasteiger partial charge < -0.3 is 9.45 Å². The fourth-order valence-corrected chi connectivity index (χ4v) is 5.40. The van der Waals surface area contributed by atoms with Crippen molar-refractivity contribution in [2.45, 2.75) is 37.5 Å². The van der Waals surface area contributed by atoms with E-state index in [1.54, 1.807) is 12.1 Å². The van der Waals surface area contributed by atoms with Gasteiger partial charge in [-0.25, -0.2) is 16.6 Å². The van der Waals surface area contributed by atoms with Crippen LogP contribution in [0, 0.1) is 0 Å². The number of hydrogen-bond acceptors (Lipinski definition) is 5. The number of benzene rings is 2. The molecule has 2 aromatic carbocycles. The van der Waals surface area contributed by atoms with Gasteiger partial charge in [-0.1, -0.05) is 18.2 Å². The summed E-state index contributed by atoms with van der Waals surface area (Å²) in [6.07, 6.45) is 7.96. The predicted octanol–water partition coefficient (Wildman–Crippen LogP) is 5.42. The van der Waals surface area contributed by atoms with Gasteiger partial charge in [-0.2, -0.15) is 8.42 Å². The van der Waals surface area contributed by atoms with Crippen molar-refractivity contribution in [1.82, 2.24) is 0 Å². The Bertz CT molecular complexity index is 1260. The van der Waals surface area contributed by atoms with E-state index in [4.69, 9.17) is 0 Å². The van der Waals surface area contributed by atoms with E-state index in [2.05, 4.69) is 37.2 Å². The van der Waals surface area contributed by atoms with Gasteiger partial charge in [-0.05, 0) is 85.7 Å². The summed E-state index contributed by atoms with van der Waals surface area (Å²) < 4.78 is 48.3. The Balaban J connectivity index is 2.27. The second-order valence-electron chi connectivity index (χ2n) is 8.03. The van der Waals surface area contributed by atoms with Crippen LogP contribution in [0.5, 0.6) is 0 Å². The minimum absolute atomic E-state index is 0.186.